The fourth-order valence-corrected chi connectivity index (χ4v) is 8.07. The lowest BCUT2D eigenvalue weighted by molar-refractivity contribution is -0.137. The molecule has 306 valence electrons. The Morgan fingerprint density at radius 3 is 1.82 bits per heavy atom. The first-order valence-corrected chi connectivity index (χ1v) is 19.7. The second kappa shape index (κ2) is 17.2. The lowest BCUT2D eigenvalue weighted by atomic mass is 10.0. The minimum atomic E-state index is -1.19. The Morgan fingerprint density at radius 2 is 1.23 bits per heavy atom. The molecule has 0 unspecified atom stereocenters. The summed E-state index contributed by atoms with van der Waals surface area (Å²) in [6.07, 6.45) is 7.89. The lowest BCUT2D eigenvalue weighted by Gasteiger charge is -2.32. The standard InChI is InChI=1S/C44H44N10O6/c1-52(44(58)59)38(30-13-7-4-8-14-30)42(56)54-22-10-16-36(54)40-48-26-34(50-40)33-25-45-31(23-46-33)27-17-19-28(20-18-27)32-24-47-39(49-32)35-15-9-21-53(35)41(55)37(51-43(57)60-2)29-11-5-3-6-12-29/h3-8,11-14,17-20,23-26,35-38H,9-10,15-16,21-22H2,1-2H3,(H,47,49)(H,48,50)(H,51,57)(H,58,59)/t35-,36-,37+,38+/m0/s1. The van der Waals surface area contributed by atoms with Gasteiger partial charge in [0.15, 0.2) is 0 Å². The number of carboxylic acid groups (broad SMARTS) is 1. The minimum Gasteiger partial charge on any atom is -0.465 e. The molecular weight excluding hydrogens is 765 g/mol. The van der Waals surface area contributed by atoms with E-state index >= 15 is 0 Å². The van der Waals surface area contributed by atoms with Crippen LogP contribution in [0.2, 0.25) is 0 Å². The van der Waals surface area contributed by atoms with Gasteiger partial charge in [0, 0.05) is 25.7 Å². The number of ether oxygens (including phenoxy) is 1. The van der Waals surface area contributed by atoms with Gasteiger partial charge in [-0.25, -0.2) is 19.6 Å². The van der Waals surface area contributed by atoms with Crippen molar-refractivity contribution in [2.75, 3.05) is 27.2 Å². The maximum Gasteiger partial charge on any atom is 0.407 e. The van der Waals surface area contributed by atoms with E-state index in [9.17, 15) is 24.3 Å². The molecule has 3 aromatic heterocycles. The fraction of sp³-hybridized carbons (Fsp3) is 0.273. The summed E-state index contributed by atoms with van der Waals surface area (Å²) in [5.74, 6) is 0.737. The summed E-state index contributed by atoms with van der Waals surface area (Å²) in [5, 5.41) is 12.5. The highest BCUT2D eigenvalue weighted by Gasteiger charge is 2.40. The maximum atomic E-state index is 13.9. The van der Waals surface area contributed by atoms with Crippen LogP contribution in [0.15, 0.2) is 110 Å². The number of aromatic nitrogens is 6. The maximum absolute atomic E-state index is 13.9. The van der Waals surface area contributed by atoms with Crippen molar-refractivity contribution in [3.8, 4) is 33.9 Å². The van der Waals surface area contributed by atoms with Gasteiger partial charge in [0.05, 0.1) is 61.1 Å². The van der Waals surface area contributed by atoms with Crippen LogP contribution < -0.4 is 5.32 Å². The molecule has 60 heavy (non-hydrogen) atoms. The smallest absolute Gasteiger partial charge is 0.407 e. The number of benzene rings is 3. The molecule has 5 heterocycles. The van der Waals surface area contributed by atoms with Crippen LogP contribution in [-0.4, -0.2) is 101 Å². The van der Waals surface area contributed by atoms with Crippen LogP contribution in [0.5, 0.6) is 0 Å². The number of methoxy groups -OCH3 is 1. The number of amides is 4. The monoisotopic (exact) mass is 808 g/mol. The van der Waals surface area contributed by atoms with Crippen LogP contribution in [0.3, 0.4) is 0 Å². The molecule has 6 aromatic rings. The summed E-state index contributed by atoms with van der Waals surface area (Å²) >= 11 is 0. The predicted molar refractivity (Wildman–Crippen MR) is 220 cm³/mol. The number of likely N-dealkylation sites (tertiary alicyclic amines) is 2. The molecule has 2 aliphatic heterocycles. The van der Waals surface area contributed by atoms with Crippen LogP contribution in [0.4, 0.5) is 9.59 Å². The summed E-state index contributed by atoms with van der Waals surface area (Å²) in [5.41, 5.74) is 5.73. The number of H-pyrrole nitrogens is 2. The number of nitrogens with zero attached hydrogens (tertiary/aromatic N) is 7. The van der Waals surface area contributed by atoms with Gasteiger partial charge < -0.3 is 34.9 Å². The summed E-state index contributed by atoms with van der Waals surface area (Å²) in [6, 6.07) is 23.4. The van der Waals surface area contributed by atoms with Crippen LogP contribution in [-0.2, 0) is 14.3 Å². The first-order valence-electron chi connectivity index (χ1n) is 19.7. The van der Waals surface area contributed by atoms with E-state index in [0.717, 1.165) is 41.0 Å². The topological polar surface area (TPSA) is 203 Å². The summed E-state index contributed by atoms with van der Waals surface area (Å²) in [7, 11) is 2.68. The number of carbonyl (C=O) groups is 4. The summed E-state index contributed by atoms with van der Waals surface area (Å²) < 4.78 is 4.82. The highest BCUT2D eigenvalue weighted by molar-refractivity contribution is 5.88. The molecule has 3 aromatic carbocycles. The molecular formula is C44H44N10O6. The highest BCUT2D eigenvalue weighted by Crippen LogP contribution is 2.36. The van der Waals surface area contributed by atoms with E-state index in [1.807, 2.05) is 48.5 Å². The van der Waals surface area contributed by atoms with Gasteiger partial charge in [0.1, 0.15) is 29.4 Å². The van der Waals surface area contributed by atoms with Gasteiger partial charge in [-0.2, -0.15) is 0 Å². The molecule has 0 aliphatic carbocycles. The Labute approximate surface area is 345 Å². The van der Waals surface area contributed by atoms with Crippen molar-refractivity contribution in [3.63, 3.8) is 0 Å². The number of alkyl carbamates (subject to hydrolysis) is 1. The molecule has 8 rings (SSSR count). The first kappa shape index (κ1) is 39.5. The molecule has 0 bridgehead atoms. The number of hydrogen-bond donors (Lipinski definition) is 4. The molecule has 0 spiro atoms. The van der Waals surface area contributed by atoms with E-state index in [2.05, 4.69) is 35.2 Å². The molecule has 4 amide bonds. The van der Waals surface area contributed by atoms with Gasteiger partial charge in [-0.1, -0.05) is 84.9 Å². The Balaban J connectivity index is 0.933. The van der Waals surface area contributed by atoms with Crippen LogP contribution >= 0.6 is 0 Å². The lowest BCUT2D eigenvalue weighted by Crippen LogP contribution is -2.43. The van der Waals surface area contributed by atoms with Crippen molar-refractivity contribution in [1.82, 2.24) is 49.9 Å². The number of aromatic amines is 2. The van der Waals surface area contributed by atoms with Crippen molar-refractivity contribution in [2.45, 2.75) is 49.9 Å². The van der Waals surface area contributed by atoms with E-state index in [0.29, 0.717) is 59.4 Å². The average Bonchev–Trinajstić information content (AvgIpc) is 4.13. The molecule has 2 fully saturated rings. The molecule has 4 N–H and O–H groups in total. The number of hydrogen-bond acceptors (Lipinski definition) is 9. The Hall–Kier alpha value is -7.36. The normalized spacial score (nSPS) is 17.2. The van der Waals surface area contributed by atoms with E-state index in [1.165, 1.54) is 14.2 Å². The largest absolute Gasteiger partial charge is 0.465 e. The molecule has 16 nitrogen and oxygen atoms in total. The van der Waals surface area contributed by atoms with Gasteiger partial charge in [-0.15, -0.1) is 0 Å². The SMILES string of the molecule is COC(=O)N[C@@H](C(=O)N1CCC[C@H]1c1ncc(-c2ccc(-c3cnc(-c4cnc([C@@H]5CCCN5C(=O)[C@@H](c5ccccc5)N(C)C(=O)O)[nH]4)cn3)cc2)[nH]1)c1ccccc1. The number of carbonyl (C=O) groups excluding carboxylic acids is 3. The van der Waals surface area contributed by atoms with E-state index in [1.54, 1.807) is 71.0 Å². The third kappa shape index (κ3) is 8.03. The van der Waals surface area contributed by atoms with E-state index in [4.69, 9.17) is 4.74 Å². The molecule has 0 radical (unpaired) electrons. The van der Waals surface area contributed by atoms with Crippen LogP contribution in [0.25, 0.3) is 33.9 Å². The van der Waals surface area contributed by atoms with E-state index < -0.39 is 24.3 Å². The minimum absolute atomic E-state index is 0.233. The van der Waals surface area contributed by atoms with Crippen molar-refractivity contribution in [3.05, 3.63) is 132 Å². The number of imidazole rings is 2. The third-order valence-corrected chi connectivity index (χ3v) is 11.2. The second-order valence-electron chi connectivity index (χ2n) is 14.8. The van der Waals surface area contributed by atoms with Crippen molar-refractivity contribution < 1.29 is 29.0 Å². The zero-order chi connectivity index (χ0) is 41.8. The second-order valence-corrected chi connectivity index (χ2v) is 14.8. The Morgan fingerprint density at radius 1 is 0.700 bits per heavy atom. The van der Waals surface area contributed by atoms with Crippen molar-refractivity contribution in [1.29, 1.82) is 0 Å². The molecule has 4 atom stereocenters. The summed E-state index contributed by atoms with van der Waals surface area (Å²) in [4.78, 5) is 81.9. The zero-order valence-electron chi connectivity index (χ0n) is 33.1. The van der Waals surface area contributed by atoms with Gasteiger partial charge in [0.2, 0.25) is 0 Å². The van der Waals surface area contributed by atoms with Crippen molar-refractivity contribution >= 4 is 24.0 Å². The predicted octanol–water partition coefficient (Wildman–Crippen LogP) is 6.70. The van der Waals surface area contributed by atoms with Gasteiger partial charge in [-0.05, 0) is 42.4 Å². The quantitative estimate of drug-likeness (QED) is 0.109. The Bertz CT molecular complexity index is 2460. The average molecular weight is 809 g/mol. The van der Waals surface area contributed by atoms with Crippen LogP contribution in [0, 0.1) is 0 Å². The summed E-state index contributed by atoms with van der Waals surface area (Å²) in [6.45, 7) is 1.02. The zero-order valence-corrected chi connectivity index (χ0v) is 33.1. The van der Waals surface area contributed by atoms with Gasteiger partial charge in [-0.3, -0.25) is 24.5 Å². The van der Waals surface area contributed by atoms with Crippen LogP contribution in [0.1, 0.15) is 72.6 Å². The fourth-order valence-electron chi connectivity index (χ4n) is 8.07. The number of rotatable bonds is 11. The number of nitrogens with one attached hydrogen (secondary N) is 3. The first-order chi connectivity index (χ1) is 29.2. The van der Waals surface area contributed by atoms with Crippen molar-refractivity contribution in [2.24, 2.45) is 0 Å². The van der Waals surface area contributed by atoms with Gasteiger partial charge >= 0.3 is 12.2 Å². The number of likely N-dealkylation sites (N-methyl/N-ethyl adjacent to an activating group) is 1. The van der Waals surface area contributed by atoms with E-state index in [-0.39, 0.29) is 23.9 Å². The molecule has 16 heteroatoms. The van der Waals surface area contributed by atoms with Gasteiger partial charge in [0.25, 0.3) is 11.8 Å². The molecule has 2 saturated heterocycles. The molecule has 0 saturated carbocycles. The Kier molecular flexibility index (Phi) is 11.3. The highest BCUT2D eigenvalue weighted by atomic mass is 16.5. The molecule has 2 aliphatic rings. The third-order valence-electron chi connectivity index (χ3n) is 11.2.